The Kier molecular flexibility index (Phi) is 17.1. The molecule has 2 aliphatic heterocycles. The molecule has 5 aromatic carbocycles. The van der Waals surface area contributed by atoms with E-state index in [1.807, 2.05) is 82.7 Å². The standard InChI is InChI=1S/C55H65ClN8O5S2/c1-40-52(55(65)57-27-31-61-28-9-6-10-29-61)53(54(60(40)4)42-16-19-45(56)20-17-42)44-12-11-13-48(37-44)63-34-32-62(33-35-63)47-23-21-46(22-24-47)58-71(68,69)50-25-18-43(51(38-50)64(66)67)36-41(26-30-59(2)3)39-70-49-14-7-5-8-15-49/h5,7-8,11-25,37-38,41,58H,6,9-10,26-36,39H2,1-4H3,(H,57,65)/t41-/m0/s1. The van der Waals surface area contributed by atoms with Crippen LogP contribution in [0.25, 0.3) is 22.4 Å². The molecule has 3 heterocycles. The van der Waals surface area contributed by atoms with Gasteiger partial charge < -0.3 is 29.5 Å². The van der Waals surface area contributed by atoms with Crippen molar-refractivity contribution in [1.82, 2.24) is 19.7 Å². The van der Waals surface area contributed by atoms with Gasteiger partial charge in [-0.1, -0.05) is 66.6 Å². The van der Waals surface area contributed by atoms with Crippen molar-refractivity contribution in [3.8, 4) is 22.4 Å². The van der Waals surface area contributed by atoms with Crippen LogP contribution in [0, 0.1) is 23.0 Å². The summed E-state index contributed by atoms with van der Waals surface area (Å²) >= 11 is 8.06. The minimum absolute atomic E-state index is 0.0780. The Balaban J connectivity index is 0.928. The van der Waals surface area contributed by atoms with Gasteiger partial charge in [-0.05, 0) is 150 Å². The molecular formula is C55H65ClN8O5S2. The number of nitro benzene ring substituents is 1. The number of hydrogen-bond acceptors (Lipinski definition) is 10. The molecule has 16 heteroatoms. The van der Waals surface area contributed by atoms with Crippen LogP contribution in [0.15, 0.2) is 131 Å². The van der Waals surface area contributed by atoms with Gasteiger partial charge in [0.1, 0.15) is 0 Å². The lowest BCUT2D eigenvalue weighted by molar-refractivity contribution is -0.385. The van der Waals surface area contributed by atoms with Gasteiger partial charge in [-0.25, -0.2) is 8.42 Å². The van der Waals surface area contributed by atoms with Crippen LogP contribution in [-0.2, 0) is 23.5 Å². The van der Waals surface area contributed by atoms with Crippen molar-refractivity contribution in [2.24, 2.45) is 13.0 Å². The predicted octanol–water partition coefficient (Wildman–Crippen LogP) is 10.5. The molecule has 13 nitrogen and oxygen atoms in total. The molecule has 2 fully saturated rings. The molecule has 8 rings (SSSR count). The monoisotopic (exact) mass is 1020 g/mol. The summed E-state index contributed by atoms with van der Waals surface area (Å²) in [6.45, 7) is 9.37. The van der Waals surface area contributed by atoms with E-state index in [9.17, 15) is 23.3 Å². The fourth-order valence-corrected chi connectivity index (χ4v) is 12.0. The number of piperazine rings is 1. The number of nitrogens with one attached hydrogen (secondary N) is 2. The molecule has 374 valence electrons. The van der Waals surface area contributed by atoms with Gasteiger partial charge in [0, 0.05) is 102 Å². The Morgan fingerprint density at radius 1 is 0.817 bits per heavy atom. The Morgan fingerprint density at radius 3 is 2.18 bits per heavy atom. The molecule has 0 bridgehead atoms. The van der Waals surface area contributed by atoms with Crippen molar-refractivity contribution in [3.63, 3.8) is 0 Å². The van der Waals surface area contributed by atoms with Gasteiger partial charge in [-0.2, -0.15) is 0 Å². The van der Waals surface area contributed by atoms with Gasteiger partial charge in [0.25, 0.3) is 21.6 Å². The zero-order chi connectivity index (χ0) is 50.1. The number of carbonyl (C=O) groups excluding carboxylic acids is 1. The van der Waals surface area contributed by atoms with Crippen LogP contribution >= 0.6 is 23.4 Å². The molecule has 1 aromatic heterocycles. The Morgan fingerprint density at radius 2 is 1.51 bits per heavy atom. The molecule has 2 aliphatic rings. The first kappa shape index (κ1) is 51.5. The molecule has 2 N–H and O–H groups in total. The highest BCUT2D eigenvalue weighted by Gasteiger charge is 2.28. The van der Waals surface area contributed by atoms with Gasteiger partial charge in [-0.15, -0.1) is 11.8 Å². The fourth-order valence-electron chi connectivity index (χ4n) is 9.72. The minimum Gasteiger partial charge on any atom is -0.368 e. The maximum Gasteiger partial charge on any atom is 0.273 e. The van der Waals surface area contributed by atoms with E-state index in [0.717, 1.165) is 109 Å². The quantitative estimate of drug-likeness (QED) is 0.0432. The van der Waals surface area contributed by atoms with E-state index in [1.165, 1.54) is 31.4 Å². The number of piperidine rings is 1. The zero-order valence-electron chi connectivity index (χ0n) is 41.1. The van der Waals surface area contributed by atoms with Gasteiger partial charge in [-0.3, -0.25) is 19.6 Å². The van der Waals surface area contributed by atoms with Gasteiger partial charge >= 0.3 is 0 Å². The third-order valence-electron chi connectivity index (χ3n) is 13.7. The average Bonchev–Trinajstić information content (AvgIpc) is 3.64. The van der Waals surface area contributed by atoms with Crippen molar-refractivity contribution in [1.29, 1.82) is 0 Å². The lowest BCUT2D eigenvalue weighted by atomic mass is 9.95. The van der Waals surface area contributed by atoms with E-state index < -0.39 is 14.9 Å². The molecular weight excluding hydrogens is 952 g/mol. The molecule has 1 atom stereocenters. The third-order valence-corrected chi connectivity index (χ3v) is 16.6. The molecule has 0 aliphatic carbocycles. The summed E-state index contributed by atoms with van der Waals surface area (Å²) in [5.41, 5.74) is 8.05. The molecule has 0 spiro atoms. The molecule has 0 unspecified atom stereocenters. The lowest BCUT2D eigenvalue weighted by Crippen LogP contribution is -2.46. The van der Waals surface area contributed by atoms with Crippen molar-refractivity contribution >= 4 is 62.0 Å². The average molecular weight is 1020 g/mol. The minimum atomic E-state index is -4.14. The molecule has 71 heavy (non-hydrogen) atoms. The van der Waals surface area contributed by atoms with Crippen LogP contribution in [-0.4, -0.2) is 112 Å². The SMILES string of the molecule is Cc1c(C(=O)NCCN2CCCCC2)c(-c2cccc(N3CCN(c4ccc(NS(=O)(=O)c5ccc(C[C@H](CCN(C)C)CSc6ccccc6)c([N+](=O)[O-])c5)cc4)CC3)c2)c(-c2ccc(Cl)cc2)n1C. The number of rotatable bonds is 20. The zero-order valence-corrected chi connectivity index (χ0v) is 43.5. The summed E-state index contributed by atoms with van der Waals surface area (Å²) < 4.78 is 32.2. The fraction of sp³-hybridized carbons (Fsp3) is 0.364. The number of benzene rings is 5. The number of sulfonamides is 1. The van der Waals surface area contributed by atoms with Crippen molar-refractivity contribution in [2.75, 3.05) is 93.3 Å². The highest BCUT2D eigenvalue weighted by molar-refractivity contribution is 7.99. The normalized spacial score (nSPS) is 15.0. The van der Waals surface area contributed by atoms with Gasteiger partial charge in [0.15, 0.2) is 0 Å². The van der Waals surface area contributed by atoms with E-state index in [4.69, 9.17) is 11.6 Å². The number of carbonyl (C=O) groups is 1. The number of thioether (sulfide) groups is 1. The summed E-state index contributed by atoms with van der Waals surface area (Å²) in [6.07, 6.45) is 4.98. The number of nitro groups is 1. The Bertz CT molecular complexity index is 2880. The number of nitrogens with zero attached hydrogens (tertiary/aromatic N) is 6. The summed E-state index contributed by atoms with van der Waals surface area (Å²) in [7, 11) is 1.90. The molecule has 0 saturated carbocycles. The van der Waals surface area contributed by atoms with Gasteiger partial charge in [0.2, 0.25) is 0 Å². The topological polar surface area (TPSA) is 136 Å². The molecule has 2 saturated heterocycles. The summed E-state index contributed by atoms with van der Waals surface area (Å²) in [5.74, 6) is 0.840. The molecule has 1 amide bonds. The summed E-state index contributed by atoms with van der Waals surface area (Å²) in [4.78, 5) is 36.2. The molecule has 0 radical (unpaired) electrons. The number of likely N-dealkylation sites (tertiary alicyclic amines) is 1. The Labute approximate surface area is 428 Å². The van der Waals surface area contributed by atoms with Crippen LogP contribution in [0.1, 0.15) is 47.3 Å². The first-order valence-corrected chi connectivity index (χ1v) is 27.4. The van der Waals surface area contributed by atoms with Crippen LogP contribution in [0.5, 0.6) is 0 Å². The number of halogens is 1. The second kappa shape index (κ2) is 23.6. The van der Waals surface area contributed by atoms with E-state index in [0.29, 0.717) is 34.8 Å². The smallest absolute Gasteiger partial charge is 0.273 e. The third kappa shape index (κ3) is 13.0. The summed E-state index contributed by atoms with van der Waals surface area (Å²) in [6, 6.07) is 37.8. The van der Waals surface area contributed by atoms with Crippen LogP contribution in [0.4, 0.5) is 22.7 Å². The van der Waals surface area contributed by atoms with Crippen molar-refractivity contribution in [3.05, 3.63) is 153 Å². The lowest BCUT2D eigenvalue weighted by Gasteiger charge is -2.37. The summed E-state index contributed by atoms with van der Waals surface area (Å²) in [5, 5.41) is 16.3. The maximum atomic E-state index is 14.2. The first-order chi connectivity index (χ1) is 34.2. The van der Waals surface area contributed by atoms with Crippen molar-refractivity contribution < 1.29 is 18.1 Å². The van der Waals surface area contributed by atoms with E-state index in [1.54, 1.807) is 30.0 Å². The second-order valence-corrected chi connectivity index (χ2v) is 22.1. The Hall–Kier alpha value is -5.84. The van der Waals surface area contributed by atoms with E-state index >= 15 is 0 Å². The largest absolute Gasteiger partial charge is 0.368 e. The highest BCUT2D eigenvalue weighted by Crippen LogP contribution is 2.41. The number of amides is 1. The first-order valence-electron chi connectivity index (χ1n) is 24.5. The maximum absolute atomic E-state index is 14.2. The van der Waals surface area contributed by atoms with E-state index in [2.05, 4.69) is 70.6 Å². The van der Waals surface area contributed by atoms with Crippen LogP contribution in [0.2, 0.25) is 5.02 Å². The van der Waals surface area contributed by atoms with Crippen molar-refractivity contribution in [2.45, 2.75) is 48.8 Å². The predicted molar refractivity (Wildman–Crippen MR) is 291 cm³/mol. The van der Waals surface area contributed by atoms with Gasteiger partial charge in [0.05, 0.1) is 21.1 Å². The molecule has 6 aromatic rings. The highest BCUT2D eigenvalue weighted by atomic mass is 35.5. The van der Waals surface area contributed by atoms with E-state index in [-0.39, 0.29) is 22.4 Å². The van der Waals surface area contributed by atoms with Crippen LogP contribution in [0.3, 0.4) is 0 Å². The number of aromatic nitrogens is 1. The number of hydrogen-bond donors (Lipinski definition) is 2. The number of anilines is 3. The van der Waals surface area contributed by atoms with Crippen LogP contribution < -0.4 is 19.8 Å². The second-order valence-electron chi connectivity index (χ2n) is 18.9.